The fourth-order valence-electron chi connectivity index (χ4n) is 2.55. The molecule has 134 valence electrons. The highest BCUT2D eigenvalue weighted by Crippen LogP contribution is 2.32. The van der Waals surface area contributed by atoms with E-state index in [0.717, 1.165) is 0 Å². The Bertz CT molecular complexity index is 730. The van der Waals surface area contributed by atoms with Crippen LogP contribution in [0, 0.1) is 0 Å². The van der Waals surface area contributed by atoms with Crippen LogP contribution in [0.25, 0.3) is 0 Å². The number of nitrogen functional groups attached to an aromatic ring is 1. The lowest BCUT2D eigenvalue weighted by atomic mass is 10.1. The minimum absolute atomic E-state index is 0.0932. The van der Waals surface area contributed by atoms with E-state index in [-0.39, 0.29) is 19.0 Å². The van der Waals surface area contributed by atoms with Gasteiger partial charge in [0.25, 0.3) is 5.84 Å². The standard InChI is InChI=1S/C16H20BrN4O4/c1-4-24-15(22)21(16(23)25-5-2)10(3)19-9-20-14(21)11-7-6-8-12(17)13(11)18/h6-10H,4-5,18H2,1-3H3/q+1. The first-order valence-corrected chi connectivity index (χ1v) is 8.58. The van der Waals surface area contributed by atoms with Gasteiger partial charge < -0.3 is 15.2 Å². The molecule has 1 atom stereocenters. The van der Waals surface area contributed by atoms with E-state index in [4.69, 9.17) is 15.2 Å². The number of ether oxygens (including phenoxy) is 2. The summed E-state index contributed by atoms with van der Waals surface area (Å²) in [6, 6.07) is 5.17. The number of quaternary nitrogens is 1. The van der Waals surface area contributed by atoms with E-state index < -0.39 is 22.8 Å². The Morgan fingerprint density at radius 3 is 2.40 bits per heavy atom. The largest absolute Gasteiger partial charge is 0.535 e. The van der Waals surface area contributed by atoms with Gasteiger partial charge in [0.15, 0.2) is 0 Å². The Morgan fingerprint density at radius 1 is 1.24 bits per heavy atom. The van der Waals surface area contributed by atoms with Gasteiger partial charge in [-0.2, -0.15) is 14.6 Å². The maximum atomic E-state index is 12.9. The molecule has 0 saturated carbocycles. The molecule has 0 radical (unpaired) electrons. The molecule has 8 nitrogen and oxygen atoms in total. The number of carbonyl (C=O) groups excluding carboxylic acids is 2. The number of imide groups is 1. The summed E-state index contributed by atoms with van der Waals surface area (Å²) in [6.07, 6.45) is -1.15. The monoisotopic (exact) mass is 411 g/mol. The number of rotatable bonds is 3. The average molecular weight is 412 g/mol. The van der Waals surface area contributed by atoms with Crippen molar-refractivity contribution in [2.45, 2.75) is 26.9 Å². The molecule has 1 aliphatic rings. The third kappa shape index (κ3) is 3.16. The molecule has 1 heterocycles. The number of anilines is 1. The molecule has 0 fully saturated rings. The molecule has 0 saturated heterocycles. The number of aliphatic imine (C=N–C) groups is 2. The van der Waals surface area contributed by atoms with Gasteiger partial charge in [-0.25, -0.2) is 4.99 Å². The highest BCUT2D eigenvalue weighted by atomic mass is 79.9. The maximum absolute atomic E-state index is 12.9. The zero-order chi connectivity index (χ0) is 18.6. The van der Waals surface area contributed by atoms with Crippen LogP contribution < -0.4 is 5.73 Å². The Hall–Kier alpha value is -2.26. The summed E-state index contributed by atoms with van der Waals surface area (Å²) >= 11 is 3.35. The molecule has 1 unspecified atom stereocenters. The van der Waals surface area contributed by atoms with Gasteiger partial charge in [0.05, 0.1) is 24.5 Å². The molecule has 2 N–H and O–H groups in total. The molecule has 0 aliphatic carbocycles. The van der Waals surface area contributed by atoms with Crippen LogP contribution in [0.15, 0.2) is 32.7 Å². The quantitative estimate of drug-likeness (QED) is 0.606. The lowest BCUT2D eigenvalue weighted by Crippen LogP contribution is -2.66. The molecular weight excluding hydrogens is 392 g/mol. The number of amides is 2. The molecule has 25 heavy (non-hydrogen) atoms. The van der Waals surface area contributed by atoms with Crippen molar-refractivity contribution in [3.63, 3.8) is 0 Å². The zero-order valence-corrected chi connectivity index (χ0v) is 15.8. The highest BCUT2D eigenvalue weighted by Gasteiger charge is 2.60. The van der Waals surface area contributed by atoms with Crippen molar-refractivity contribution in [2.75, 3.05) is 18.9 Å². The molecule has 1 aromatic carbocycles. The van der Waals surface area contributed by atoms with Gasteiger partial charge in [0.1, 0.15) is 6.34 Å². The van der Waals surface area contributed by atoms with Crippen LogP contribution in [-0.2, 0) is 9.47 Å². The normalized spacial score (nSPS) is 18.4. The average Bonchev–Trinajstić information content (AvgIpc) is 2.57. The minimum Gasteiger partial charge on any atom is -0.420 e. The van der Waals surface area contributed by atoms with Gasteiger partial charge in [-0.15, -0.1) is 0 Å². The van der Waals surface area contributed by atoms with Crippen molar-refractivity contribution in [1.29, 1.82) is 0 Å². The molecule has 1 aliphatic heterocycles. The van der Waals surface area contributed by atoms with Crippen LogP contribution in [0.5, 0.6) is 0 Å². The van der Waals surface area contributed by atoms with Gasteiger partial charge in [-0.05, 0) is 41.9 Å². The van der Waals surface area contributed by atoms with E-state index in [1.54, 1.807) is 39.0 Å². The highest BCUT2D eigenvalue weighted by molar-refractivity contribution is 9.10. The number of carbonyl (C=O) groups is 2. The Kier molecular flexibility index (Phi) is 5.91. The van der Waals surface area contributed by atoms with Crippen LogP contribution in [0.1, 0.15) is 26.3 Å². The van der Waals surface area contributed by atoms with Gasteiger partial charge in [0, 0.05) is 11.4 Å². The van der Waals surface area contributed by atoms with E-state index in [2.05, 4.69) is 25.9 Å². The molecule has 0 aromatic heterocycles. The molecule has 0 bridgehead atoms. The molecule has 2 amide bonds. The van der Waals surface area contributed by atoms with E-state index in [0.29, 0.717) is 15.7 Å². The third-order valence-corrected chi connectivity index (χ3v) is 4.45. The Morgan fingerprint density at radius 2 is 1.84 bits per heavy atom. The number of hydrogen-bond donors (Lipinski definition) is 1. The molecule has 9 heteroatoms. The lowest BCUT2D eigenvalue weighted by Gasteiger charge is -2.34. The maximum Gasteiger partial charge on any atom is 0.535 e. The zero-order valence-electron chi connectivity index (χ0n) is 14.2. The number of benzene rings is 1. The molecular formula is C16H20BrN4O4+. The topological polar surface area (TPSA) is 103 Å². The fourth-order valence-corrected chi connectivity index (χ4v) is 2.91. The minimum atomic E-state index is -0.946. The first-order valence-electron chi connectivity index (χ1n) is 7.78. The van der Waals surface area contributed by atoms with E-state index in [1.165, 1.54) is 6.34 Å². The lowest BCUT2D eigenvalue weighted by molar-refractivity contribution is -0.718. The van der Waals surface area contributed by atoms with Crippen LogP contribution in [0.3, 0.4) is 0 Å². The third-order valence-electron chi connectivity index (χ3n) is 3.76. The summed E-state index contributed by atoms with van der Waals surface area (Å²) in [5.74, 6) is 0.109. The van der Waals surface area contributed by atoms with Crippen molar-refractivity contribution < 1.29 is 23.5 Å². The Balaban J connectivity index is 2.74. The molecule has 2 rings (SSSR count). The predicted octanol–water partition coefficient (Wildman–Crippen LogP) is 3.30. The van der Waals surface area contributed by atoms with Gasteiger partial charge in [-0.3, -0.25) is 0 Å². The number of halogens is 1. The summed E-state index contributed by atoms with van der Waals surface area (Å²) in [7, 11) is 0. The van der Waals surface area contributed by atoms with Crippen molar-refractivity contribution in [3.05, 3.63) is 28.2 Å². The second-order valence-electron chi connectivity index (χ2n) is 5.17. The summed E-state index contributed by atoms with van der Waals surface area (Å²) in [5.41, 5.74) is 6.91. The number of nitrogens with zero attached hydrogens (tertiary/aromatic N) is 3. The summed E-state index contributed by atoms with van der Waals surface area (Å²) in [5, 5.41) is 0. The number of para-hydroxylation sites is 1. The first-order chi connectivity index (χ1) is 11.9. The smallest absolute Gasteiger partial charge is 0.420 e. The first kappa shape index (κ1) is 19.1. The van der Waals surface area contributed by atoms with Crippen LogP contribution in [0.2, 0.25) is 0 Å². The second-order valence-corrected chi connectivity index (χ2v) is 6.03. The van der Waals surface area contributed by atoms with Crippen molar-refractivity contribution in [2.24, 2.45) is 9.98 Å². The molecule has 0 spiro atoms. The van der Waals surface area contributed by atoms with Crippen molar-refractivity contribution in [3.8, 4) is 0 Å². The SMILES string of the molecule is CCOC(=O)[N+]1(C(=O)OCC)C(c2cccc(Br)c2N)=NC=NC1C. The van der Waals surface area contributed by atoms with Crippen LogP contribution >= 0.6 is 15.9 Å². The van der Waals surface area contributed by atoms with E-state index >= 15 is 0 Å². The van der Waals surface area contributed by atoms with Crippen LogP contribution in [-0.4, -0.2) is 48.2 Å². The summed E-state index contributed by atoms with van der Waals surface area (Å²) < 4.78 is 10.0. The number of nitrogens with two attached hydrogens (primary N) is 1. The van der Waals surface area contributed by atoms with Gasteiger partial charge in [-0.1, -0.05) is 10.5 Å². The summed E-state index contributed by atoms with van der Waals surface area (Å²) in [4.78, 5) is 34.1. The van der Waals surface area contributed by atoms with Crippen molar-refractivity contribution >= 4 is 46.0 Å². The number of amidine groups is 1. The van der Waals surface area contributed by atoms with Crippen LogP contribution in [0.4, 0.5) is 15.3 Å². The number of hydrogen-bond acceptors (Lipinski definition) is 7. The van der Waals surface area contributed by atoms with E-state index in [1.807, 2.05) is 0 Å². The van der Waals surface area contributed by atoms with Crippen molar-refractivity contribution in [1.82, 2.24) is 0 Å². The fraction of sp³-hybridized carbons (Fsp3) is 0.375. The summed E-state index contributed by atoms with van der Waals surface area (Å²) in [6.45, 7) is 5.11. The van der Waals surface area contributed by atoms with Gasteiger partial charge in [0.2, 0.25) is 6.17 Å². The second kappa shape index (κ2) is 7.75. The molecule has 1 aromatic rings. The Labute approximate surface area is 154 Å². The van der Waals surface area contributed by atoms with E-state index in [9.17, 15) is 9.59 Å². The van der Waals surface area contributed by atoms with Gasteiger partial charge >= 0.3 is 12.2 Å². The predicted molar refractivity (Wildman–Crippen MR) is 97.3 cm³/mol.